The van der Waals surface area contributed by atoms with Crippen molar-refractivity contribution in [3.63, 3.8) is 0 Å². The Hall–Kier alpha value is -3.40. The zero-order valence-corrected chi connectivity index (χ0v) is 18.1. The molecule has 3 rings (SSSR count). The van der Waals surface area contributed by atoms with Crippen molar-refractivity contribution in [3.05, 3.63) is 108 Å². The first-order valence-corrected chi connectivity index (χ1v) is 10.8. The van der Waals surface area contributed by atoms with Gasteiger partial charge in [-0.3, -0.25) is 9.59 Å². The van der Waals surface area contributed by atoms with E-state index < -0.39 is 12.0 Å². The minimum Gasteiger partial charge on any atom is -0.354 e. The first-order chi connectivity index (χ1) is 15.1. The topological polar surface area (TPSA) is 58.2 Å². The Balaban J connectivity index is 1.71. The molecular weight excluding hydrogens is 384 g/mol. The predicted octanol–water partition coefficient (Wildman–Crippen LogP) is 4.32. The number of carbonyl (C=O) groups excluding carboxylic acids is 2. The molecule has 0 saturated carbocycles. The molecule has 0 unspecified atom stereocenters. The summed E-state index contributed by atoms with van der Waals surface area (Å²) in [6.07, 6.45) is 0.752. The molecule has 0 aliphatic carbocycles. The molecule has 0 spiro atoms. The maximum absolute atomic E-state index is 13.4. The largest absolute Gasteiger partial charge is 0.354 e. The lowest BCUT2D eigenvalue weighted by atomic mass is 9.89. The summed E-state index contributed by atoms with van der Waals surface area (Å²) < 4.78 is 0. The first kappa shape index (κ1) is 22.3. The van der Waals surface area contributed by atoms with Gasteiger partial charge in [0.1, 0.15) is 6.04 Å². The molecule has 4 nitrogen and oxygen atoms in total. The van der Waals surface area contributed by atoms with Crippen molar-refractivity contribution in [2.45, 2.75) is 32.2 Å². The quantitative estimate of drug-likeness (QED) is 0.548. The van der Waals surface area contributed by atoms with Crippen molar-refractivity contribution in [1.29, 1.82) is 0 Å². The van der Waals surface area contributed by atoms with Crippen LogP contribution in [-0.2, 0) is 16.0 Å². The Morgan fingerprint density at radius 2 is 1.19 bits per heavy atom. The van der Waals surface area contributed by atoms with Crippen LogP contribution in [0.4, 0.5) is 0 Å². The minimum absolute atomic E-state index is 0.0344. The van der Waals surface area contributed by atoms with E-state index >= 15 is 0 Å². The number of nitrogens with one attached hydrogen (secondary N) is 2. The average molecular weight is 415 g/mol. The summed E-state index contributed by atoms with van der Waals surface area (Å²) in [5.74, 6) is -0.831. The van der Waals surface area contributed by atoms with Gasteiger partial charge in [0.15, 0.2) is 0 Å². The number of benzene rings is 3. The molecule has 0 saturated heterocycles. The Kier molecular flexibility index (Phi) is 7.99. The smallest absolute Gasteiger partial charge is 0.242 e. The Bertz CT molecular complexity index is 917. The van der Waals surface area contributed by atoms with Gasteiger partial charge in [-0.05, 0) is 29.0 Å². The van der Waals surface area contributed by atoms with Crippen molar-refractivity contribution in [2.24, 2.45) is 5.92 Å². The molecular formula is C27H30N2O2. The van der Waals surface area contributed by atoms with Crippen LogP contribution in [0.25, 0.3) is 0 Å². The number of amides is 2. The molecule has 0 radical (unpaired) electrons. The maximum Gasteiger partial charge on any atom is 0.242 e. The van der Waals surface area contributed by atoms with E-state index in [1.165, 1.54) is 5.56 Å². The minimum atomic E-state index is -0.599. The third kappa shape index (κ3) is 6.29. The van der Waals surface area contributed by atoms with Gasteiger partial charge in [-0.15, -0.1) is 0 Å². The average Bonchev–Trinajstić information content (AvgIpc) is 2.79. The van der Waals surface area contributed by atoms with Gasteiger partial charge in [0.05, 0.1) is 5.92 Å². The summed E-state index contributed by atoms with van der Waals surface area (Å²) >= 11 is 0. The van der Waals surface area contributed by atoms with Crippen molar-refractivity contribution >= 4 is 11.8 Å². The first-order valence-electron chi connectivity index (χ1n) is 10.8. The highest BCUT2D eigenvalue weighted by Crippen LogP contribution is 2.25. The lowest BCUT2D eigenvalue weighted by Crippen LogP contribution is -2.51. The summed E-state index contributed by atoms with van der Waals surface area (Å²) in [4.78, 5) is 26.2. The van der Waals surface area contributed by atoms with Gasteiger partial charge in [-0.2, -0.15) is 0 Å². The van der Waals surface area contributed by atoms with Gasteiger partial charge in [-0.1, -0.05) is 105 Å². The van der Waals surface area contributed by atoms with E-state index in [1.807, 2.05) is 105 Å². The molecule has 4 heteroatoms. The number of hydrogen-bond acceptors (Lipinski definition) is 2. The molecule has 31 heavy (non-hydrogen) atoms. The van der Waals surface area contributed by atoms with Crippen molar-refractivity contribution in [2.75, 3.05) is 6.54 Å². The van der Waals surface area contributed by atoms with Crippen molar-refractivity contribution < 1.29 is 9.59 Å². The van der Waals surface area contributed by atoms with Crippen LogP contribution in [0.2, 0.25) is 0 Å². The van der Waals surface area contributed by atoms with E-state index in [4.69, 9.17) is 0 Å². The molecule has 0 bridgehead atoms. The fourth-order valence-electron chi connectivity index (χ4n) is 3.64. The number of hydrogen-bond donors (Lipinski definition) is 2. The molecule has 0 fully saturated rings. The van der Waals surface area contributed by atoms with Crippen molar-refractivity contribution in [3.8, 4) is 0 Å². The Morgan fingerprint density at radius 3 is 1.68 bits per heavy atom. The van der Waals surface area contributed by atoms with Crippen LogP contribution in [0.15, 0.2) is 91.0 Å². The highest BCUT2D eigenvalue weighted by atomic mass is 16.2. The van der Waals surface area contributed by atoms with Gasteiger partial charge in [0.2, 0.25) is 11.8 Å². The molecule has 0 aromatic heterocycles. The Labute approximate surface area is 184 Å². The molecule has 1 atom stereocenters. The van der Waals surface area contributed by atoms with Gasteiger partial charge in [0.25, 0.3) is 0 Å². The second-order valence-corrected chi connectivity index (χ2v) is 8.01. The van der Waals surface area contributed by atoms with Crippen LogP contribution >= 0.6 is 0 Å². The van der Waals surface area contributed by atoms with Crippen LogP contribution in [0.5, 0.6) is 0 Å². The lowest BCUT2D eigenvalue weighted by Gasteiger charge is -2.25. The molecule has 2 N–H and O–H groups in total. The van der Waals surface area contributed by atoms with E-state index in [9.17, 15) is 9.59 Å². The van der Waals surface area contributed by atoms with E-state index in [0.29, 0.717) is 6.54 Å². The third-order valence-corrected chi connectivity index (χ3v) is 5.33. The maximum atomic E-state index is 13.4. The number of rotatable bonds is 9. The van der Waals surface area contributed by atoms with E-state index in [-0.39, 0.29) is 17.7 Å². The van der Waals surface area contributed by atoms with E-state index in [0.717, 1.165) is 17.5 Å². The molecule has 0 aliphatic heterocycles. The van der Waals surface area contributed by atoms with Crippen LogP contribution in [0.3, 0.4) is 0 Å². The summed E-state index contributed by atoms with van der Waals surface area (Å²) in [5.41, 5.74) is 2.97. The summed E-state index contributed by atoms with van der Waals surface area (Å²) in [6.45, 7) is 4.42. The van der Waals surface area contributed by atoms with E-state index in [2.05, 4.69) is 10.6 Å². The SMILES string of the molecule is CC(C)[C@H](NC(=O)C(c1ccccc1)c1ccccc1)C(=O)NCCc1ccccc1. The van der Waals surface area contributed by atoms with Crippen LogP contribution < -0.4 is 10.6 Å². The normalized spacial score (nSPS) is 11.9. The summed E-state index contributed by atoms with van der Waals surface area (Å²) in [5, 5.41) is 5.99. The standard InChI is InChI=1S/C27H30N2O2/c1-20(2)25(27(31)28-19-18-21-12-6-3-7-13-21)29-26(30)24(22-14-8-4-9-15-22)23-16-10-5-11-17-23/h3-17,20,24-25H,18-19H2,1-2H3,(H,28,31)(H,29,30)/t25-/m0/s1. The zero-order chi connectivity index (χ0) is 22.1. The molecule has 3 aromatic rings. The number of carbonyl (C=O) groups is 2. The van der Waals surface area contributed by atoms with Gasteiger partial charge in [0, 0.05) is 6.54 Å². The third-order valence-electron chi connectivity index (χ3n) is 5.33. The molecule has 0 heterocycles. The summed E-state index contributed by atoms with van der Waals surface area (Å²) in [6, 6.07) is 28.8. The van der Waals surface area contributed by atoms with Gasteiger partial charge >= 0.3 is 0 Å². The predicted molar refractivity (Wildman–Crippen MR) is 125 cm³/mol. The van der Waals surface area contributed by atoms with Gasteiger partial charge in [-0.25, -0.2) is 0 Å². The zero-order valence-electron chi connectivity index (χ0n) is 18.1. The fraction of sp³-hybridized carbons (Fsp3) is 0.259. The Morgan fingerprint density at radius 1 is 0.710 bits per heavy atom. The van der Waals surface area contributed by atoms with Crippen LogP contribution in [0, 0.1) is 5.92 Å². The van der Waals surface area contributed by atoms with Gasteiger partial charge < -0.3 is 10.6 Å². The molecule has 0 aliphatic rings. The monoisotopic (exact) mass is 414 g/mol. The van der Waals surface area contributed by atoms with Crippen LogP contribution in [-0.4, -0.2) is 24.4 Å². The molecule has 3 aromatic carbocycles. The highest BCUT2D eigenvalue weighted by molar-refractivity contribution is 5.92. The second-order valence-electron chi connectivity index (χ2n) is 8.01. The highest BCUT2D eigenvalue weighted by Gasteiger charge is 2.29. The second kappa shape index (κ2) is 11.1. The van der Waals surface area contributed by atoms with Crippen molar-refractivity contribution in [1.82, 2.24) is 10.6 Å². The summed E-state index contributed by atoms with van der Waals surface area (Å²) in [7, 11) is 0. The fourth-order valence-corrected chi connectivity index (χ4v) is 3.64. The molecule has 2 amide bonds. The lowest BCUT2D eigenvalue weighted by molar-refractivity contribution is -0.130. The molecule has 160 valence electrons. The van der Waals surface area contributed by atoms with E-state index in [1.54, 1.807) is 0 Å². The van der Waals surface area contributed by atoms with Crippen LogP contribution in [0.1, 0.15) is 36.5 Å².